The zero-order valence-electron chi connectivity index (χ0n) is 18.7. The highest BCUT2D eigenvalue weighted by Gasteiger charge is 2.20. The van der Waals surface area contributed by atoms with Crippen LogP contribution in [0.2, 0.25) is 0 Å². The molecular formula is C25H19IN6O3S. The third-order valence-electron chi connectivity index (χ3n) is 5.09. The molecule has 4 rings (SSSR count). The maximum absolute atomic E-state index is 12.8. The molecule has 2 aromatic carbocycles. The molecule has 9 nitrogen and oxygen atoms in total. The molecule has 0 saturated heterocycles. The Morgan fingerprint density at radius 2 is 1.97 bits per heavy atom. The summed E-state index contributed by atoms with van der Waals surface area (Å²) in [5, 5.41) is 27.9. The molecule has 180 valence electrons. The number of pyridine rings is 1. The molecule has 2 amide bonds. The number of halogens is 1. The minimum absolute atomic E-state index is 0.00262. The molecule has 5 N–H and O–H groups in total. The third kappa shape index (κ3) is 5.51. The van der Waals surface area contributed by atoms with E-state index < -0.39 is 5.91 Å². The molecular weight excluding hydrogens is 591 g/mol. The highest BCUT2D eigenvalue weighted by atomic mass is 127. The number of amides is 2. The van der Waals surface area contributed by atoms with Crippen molar-refractivity contribution in [3.05, 3.63) is 79.8 Å². The number of anilines is 1. The molecule has 36 heavy (non-hydrogen) atoms. The molecule has 2 heterocycles. The molecule has 0 radical (unpaired) electrons. The topological polar surface area (TPSA) is 154 Å². The van der Waals surface area contributed by atoms with Crippen molar-refractivity contribution < 1.29 is 14.7 Å². The Balaban J connectivity index is 1.88. The summed E-state index contributed by atoms with van der Waals surface area (Å²) in [6.45, 7) is 0.629. The molecule has 11 heteroatoms. The third-order valence-corrected chi connectivity index (χ3v) is 6.53. The smallest absolute Gasteiger partial charge is 0.285 e. The maximum Gasteiger partial charge on any atom is 0.285 e. The number of phenols is 1. The molecule has 0 unspecified atom stereocenters. The largest absolute Gasteiger partial charge is 0.507 e. The summed E-state index contributed by atoms with van der Waals surface area (Å²) < 4.78 is 0.830. The molecule has 0 atom stereocenters. The van der Waals surface area contributed by atoms with E-state index in [0.717, 1.165) is 14.9 Å². The van der Waals surface area contributed by atoms with Crippen molar-refractivity contribution in [2.75, 3.05) is 18.4 Å². The van der Waals surface area contributed by atoms with E-state index in [-0.39, 0.29) is 28.0 Å². The summed E-state index contributed by atoms with van der Waals surface area (Å²) in [6, 6.07) is 15.6. The van der Waals surface area contributed by atoms with Crippen LogP contribution in [0.3, 0.4) is 0 Å². The van der Waals surface area contributed by atoms with Crippen molar-refractivity contribution in [1.82, 2.24) is 15.3 Å². The quantitative estimate of drug-likeness (QED) is 0.231. The molecule has 0 aliphatic carbocycles. The summed E-state index contributed by atoms with van der Waals surface area (Å²) in [5.41, 5.74) is 7.72. The Morgan fingerprint density at radius 1 is 1.14 bits per heavy atom. The van der Waals surface area contributed by atoms with Crippen LogP contribution in [0.15, 0.2) is 60.1 Å². The molecule has 4 aromatic rings. The molecule has 0 aliphatic heterocycles. The highest BCUT2D eigenvalue weighted by Crippen LogP contribution is 2.36. The summed E-state index contributed by atoms with van der Waals surface area (Å²) in [7, 11) is 0. The van der Waals surface area contributed by atoms with Gasteiger partial charge in [-0.2, -0.15) is 5.26 Å². The fraction of sp³-hybridized carbons (Fsp3) is 0.0800. The molecule has 0 aliphatic rings. The van der Waals surface area contributed by atoms with Gasteiger partial charge in [0.15, 0.2) is 10.8 Å². The van der Waals surface area contributed by atoms with Gasteiger partial charge in [-0.25, -0.2) is 9.97 Å². The number of hydrogen-bond acceptors (Lipinski definition) is 8. The fourth-order valence-corrected chi connectivity index (χ4v) is 4.45. The van der Waals surface area contributed by atoms with Gasteiger partial charge in [0, 0.05) is 44.9 Å². The highest BCUT2D eigenvalue weighted by molar-refractivity contribution is 14.1. The lowest BCUT2D eigenvalue weighted by Gasteiger charge is -2.14. The van der Waals surface area contributed by atoms with Crippen LogP contribution in [-0.2, 0) is 0 Å². The SMILES string of the molecule is N#Cc1c(-c2cccc(C(=O)NCCN)c2)cc(-c2ccc(I)cc2O)nc1NC(=O)c1nccs1. The number of aromatic hydroxyl groups is 1. The second kappa shape index (κ2) is 11.3. The van der Waals surface area contributed by atoms with Gasteiger partial charge in [0.05, 0.1) is 5.69 Å². The monoisotopic (exact) mass is 610 g/mol. The lowest BCUT2D eigenvalue weighted by molar-refractivity contribution is 0.0954. The maximum atomic E-state index is 12.8. The predicted octanol–water partition coefficient (Wildman–Crippen LogP) is 3.99. The molecule has 0 spiro atoms. The van der Waals surface area contributed by atoms with Crippen molar-refractivity contribution >= 4 is 51.6 Å². The van der Waals surface area contributed by atoms with Crippen molar-refractivity contribution in [3.8, 4) is 34.2 Å². The first kappa shape index (κ1) is 25.2. The van der Waals surface area contributed by atoms with E-state index in [1.807, 2.05) is 6.07 Å². The normalized spacial score (nSPS) is 10.5. The molecule has 0 bridgehead atoms. The zero-order chi connectivity index (χ0) is 25.7. The van der Waals surface area contributed by atoms with Crippen LogP contribution in [0, 0.1) is 14.9 Å². The number of thiazole rings is 1. The first-order chi connectivity index (χ1) is 17.4. The Bertz CT molecular complexity index is 1480. The number of carbonyl (C=O) groups excluding carboxylic acids is 2. The van der Waals surface area contributed by atoms with Gasteiger partial charge in [-0.05, 0) is 64.6 Å². The number of hydrogen-bond donors (Lipinski definition) is 4. The van der Waals surface area contributed by atoms with Crippen LogP contribution in [-0.4, -0.2) is 40.0 Å². The van der Waals surface area contributed by atoms with Crippen LogP contribution >= 0.6 is 33.9 Å². The molecule has 0 fully saturated rings. The fourth-order valence-electron chi connectivity index (χ4n) is 3.45. The van der Waals surface area contributed by atoms with E-state index in [0.29, 0.717) is 41.0 Å². The Hall–Kier alpha value is -3.86. The minimum atomic E-state index is -0.515. The van der Waals surface area contributed by atoms with Crippen LogP contribution < -0.4 is 16.4 Å². The number of nitriles is 1. The summed E-state index contributed by atoms with van der Waals surface area (Å²) >= 11 is 3.24. The Labute approximate surface area is 224 Å². The molecule has 0 saturated carbocycles. The van der Waals surface area contributed by atoms with Gasteiger partial charge in [0.1, 0.15) is 17.4 Å². The summed E-state index contributed by atoms with van der Waals surface area (Å²) in [6.07, 6.45) is 1.50. The number of aromatic nitrogens is 2. The van der Waals surface area contributed by atoms with E-state index in [4.69, 9.17) is 5.73 Å². The lowest BCUT2D eigenvalue weighted by Crippen LogP contribution is -2.28. The summed E-state index contributed by atoms with van der Waals surface area (Å²) in [4.78, 5) is 33.8. The minimum Gasteiger partial charge on any atom is -0.507 e. The number of nitrogens with two attached hydrogens (primary N) is 1. The predicted molar refractivity (Wildman–Crippen MR) is 146 cm³/mol. The number of rotatable bonds is 7. The average Bonchev–Trinajstić information content (AvgIpc) is 3.42. The van der Waals surface area contributed by atoms with Crippen LogP contribution in [0.4, 0.5) is 5.82 Å². The van der Waals surface area contributed by atoms with Gasteiger partial charge in [-0.1, -0.05) is 12.1 Å². The number of phenolic OH excluding ortho intramolecular Hbond substituents is 1. The van der Waals surface area contributed by atoms with E-state index in [1.165, 1.54) is 6.20 Å². The lowest BCUT2D eigenvalue weighted by atomic mass is 9.96. The van der Waals surface area contributed by atoms with Crippen molar-refractivity contribution in [2.24, 2.45) is 5.73 Å². The van der Waals surface area contributed by atoms with E-state index in [1.54, 1.807) is 47.8 Å². The first-order valence-corrected chi connectivity index (χ1v) is 12.6. The number of nitrogens with one attached hydrogen (secondary N) is 2. The first-order valence-electron chi connectivity index (χ1n) is 10.6. The van der Waals surface area contributed by atoms with Crippen molar-refractivity contribution in [3.63, 3.8) is 0 Å². The van der Waals surface area contributed by atoms with Crippen LogP contribution in [0.25, 0.3) is 22.4 Å². The van der Waals surface area contributed by atoms with E-state index >= 15 is 0 Å². The summed E-state index contributed by atoms with van der Waals surface area (Å²) in [5.74, 6) is -0.806. The van der Waals surface area contributed by atoms with Crippen molar-refractivity contribution in [2.45, 2.75) is 0 Å². The van der Waals surface area contributed by atoms with E-state index in [2.05, 4.69) is 49.3 Å². The standard InChI is InChI=1S/C25H19IN6O3S/c26-16-4-5-17(21(33)11-16)20-12-18(14-2-1-3-15(10-14)23(34)29-7-6-27)19(13-28)22(31-20)32-24(35)25-30-8-9-36-25/h1-5,8-12,33H,6-7,27H2,(H,29,34)(H,31,32,35). The average molecular weight is 610 g/mol. The van der Waals surface area contributed by atoms with E-state index in [9.17, 15) is 20.0 Å². The Kier molecular flexibility index (Phi) is 7.89. The second-order valence-electron chi connectivity index (χ2n) is 7.47. The number of carbonyl (C=O) groups is 2. The van der Waals surface area contributed by atoms with Gasteiger partial charge in [-0.15, -0.1) is 11.3 Å². The second-order valence-corrected chi connectivity index (χ2v) is 9.61. The van der Waals surface area contributed by atoms with Crippen molar-refractivity contribution in [1.29, 1.82) is 5.26 Å². The van der Waals surface area contributed by atoms with Gasteiger partial charge < -0.3 is 21.5 Å². The molecule has 2 aromatic heterocycles. The van der Waals surface area contributed by atoms with Gasteiger partial charge in [0.2, 0.25) is 0 Å². The Morgan fingerprint density at radius 3 is 2.67 bits per heavy atom. The number of nitrogens with zero attached hydrogens (tertiary/aromatic N) is 3. The van der Waals surface area contributed by atoms with Gasteiger partial charge in [-0.3, -0.25) is 9.59 Å². The van der Waals surface area contributed by atoms with Gasteiger partial charge >= 0.3 is 0 Å². The zero-order valence-corrected chi connectivity index (χ0v) is 21.6. The van der Waals surface area contributed by atoms with Gasteiger partial charge in [0.25, 0.3) is 11.8 Å². The van der Waals surface area contributed by atoms with Crippen LogP contribution in [0.1, 0.15) is 25.7 Å². The number of benzene rings is 2. The van der Waals surface area contributed by atoms with Crippen LogP contribution in [0.5, 0.6) is 5.75 Å².